The quantitative estimate of drug-likeness (QED) is 0.759. The predicted octanol–water partition coefficient (Wildman–Crippen LogP) is 4.11. The van der Waals surface area contributed by atoms with Crippen LogP contribution in [0.5, 0.6) is 0 Å². The molecule has 2 aromatic rings. The molecular weight excluding hydrogens is 356 g/mol. The van der Waals surface area contributed by atoms with E-state index in [9.17, 15) is 9.59 Å². The van der Waals surface area contributed by atoms with Gasteiger partial charge in [-0.25, -0.2) is 4.79 Å². The first-order valence-electron chi connectivity index (χ1n) is 10.4. The van der Waals surface area contributed by atoms with Crippen molar-refractivity contribution in [1.29, 1.82) is 0 Å². The lowest BCUT2D eigenvalue weighted by Crippen LogP contribution is -2.42. The fraction of sp³-hybridized carbons (Fsp3) is 0.545. The van der Waals surface area contributed by atoms with E-state index in [1.807, 2.05) is 12.1 Å². The van der Waals surface area contributed by atoms with Crippen LogP contribution in [-0.4, -0.2) is 31.1 Å². The van der Waals surface area contributed by atoms with Gasteiger partial charge in [0, 0.05) is 11.1 Å². The van der Waals surface area contributed by atoms with Gasteiger partial charge in [-0.15, -0.1) is 0 Å². The first-order chi connectivity index (χ1) is 13.7. The van der Waals surface area contributed by atoms with Crippen molar-refractivity contribution in [3.05, 3.63) is 30.0 Å². The summed E-state index contributed by atoms with van der Waals surface area (Å²) in [5.74, 6) is 0.808. The van der Waals surface area contributed by atoms with E-state index in [-0.39, 0.29) is 17.7 Å². The smallest absolute Gasteiger partial charge is 0.374 e. The number of ether oxygens (including phenoxy) is 1. The summed E-state index contributed by atoms with van der Waals surface area (Å²) in [6, 6.07) is 6.95. The molecule has 6 nitrogen and oxygen atoms in total. The third kappa shape index (κ3) is 3.92. The summed E-state index contributed by atoms with van der Waals surface area (Å²) in [6.45, 7) is 2.96. The monoisotopic (exact) mass is 384 g/mol. The second-order valence-corrected chi connectivity index (χ2v) is 7.86. The second-order valence-electron chi connectivity index (χ2n) is 7.86. The topological polar surface area (TPSA) is 80.6 Å². The number of carbonyl (C=O) groups is 2. The number of fused-ring (bicyclic) bond motifs is 1. The van der Waals surface area contributed by atoms with Crippen molar-refractivity contribution in [2.24, 2.45) is 11.8 Å². The Morgan fingerprint density at radius 2 is 2.00 bits per heavy atom. The minimum Gasteiger partial charge on any atom is -0.460 e. The number of hydrogen-bond acceptors (Lipinski definition) is 5. The van der Waals surface area contributed by atoms with Gasteiger partial charge in [0.2, 0.25) is 11.7 Å². The molecule has 2 N–H and O–H groups in total. The molecule has 150 valence electrons. The van der Waals surface area contributed by atoms with Crippen molar-refractivity contribution in [3.8, 4) is 0 Å². The predicted molar refractivity (Wildman–Crippen MR) is 107 cm³/mol. The molecule has 1 aliphatic carbocycles. The van der Waals surface area contributed by atoms with Crippen molar-refractivity contribution >= 4 is 28.5 Å². The molecule has 2 fully saturated rings. The third-order valence-corrected chi connectivity index (χ3v) is 6.07. The molecule has 2 aliphatic rings. The third-order valence-electron chi connectivity index (χ3n) is 6.07. The molecule has 0 radical (unpaired) electrons. The van der Waals surface area contributed by atoms with Crippen molar-refractivity contribution in [2.45, 2.75) is 51.5 Å². The zero-order valence-corrected chi connectivity index (χ0v) is 16.3. The van der Waals surface area contributed by atoms with E-state index in [1.165, 1.54) is 32.1 Å². The van der Waals surface area contributed by atoms with E-state index in [4.69, 9.17) is 9.15 Å². The van der Waals surface area contributed by atoms with E-state index in [1.54, 1.807) is 19.1 Å². The molecule has 0 bridgehead atoms. The summed E-state index contributed by atoms with van der Waals surface area (Å²) in [7, 11) is 0. The van der Waals surface area contributed by atoms with Gasteiger partial charge in [0.15, 0.2) is 0 Å². The number of esters is 1. The van der Waals surface area contributed by atoms with Crippen LogP contribution in [0, 0.1) is 11.8 Å². The standard InChI is InChI=1S/C22H28N2O4/c1-2-27-22(26)19-13-15-12-16(8-9-18(15)28-19)24-21(25)20-17(10-11-23-20)14-6-4-3-5-7-14/h8-9,12-14,17,20,23H,2-7,10-11H2,1H3,(H,24,25)/t17?,20-/m0/s1. The molecule has 28 heavy (non-hydrogen) atoms. The van der Waals surface area contributed by atoms with E-state index in [0.29, 0.717) is 29.7 Å². The largest absolute Gasteiger partial charge is 0.460 e. The molecule has 1 aromatic carbocycles. The normalized spacial score (nSPS) is 23.0. The molecule has 4 rings (SSSR count). The first kappa shape index (κ1) is 19.0. The van der Waals surface area contributed by atoms with Crippen molar-refractivity contribution in [2.75, 3.05) is 18.5 Å². The number of furan rings is 1. The molecule has 1 saturated carbocycles. The molecule has 1 amide bonds. The number of rotatable bonds is 5. The average Bonchev–Trinajstić information content (AvgIpc) is 3.36. The number of amides is 1. The van der Waals surface area contributed by atoms with Gasteiger partial charge < -0.3 is 19.8 Å². The summed E-state index contributed by atoms with van der Waals surface area (Å²) in [6.07, 6.45) is 7.46. The lowest BCUT2D eigenvalue weighted by atomic mass is 9.76. The Morgan fingerprint density at radius 3 is 2.79 bits per heavy atom. The number of benzene rings is 1. The van der Waals surface area contributed by atoms with Gasteiger partial charge in [-0.05, 0) is 56.0 Å². The summed E-state index contributed by atoms with van der Waals surface area (Å²) < 4.78 is 10.5. The minimum absolute atomic E-state index is 0.0292. The van der Waals surface area contributed by atoms with Crippen molar-refractivity contribution < 1.29 is 18.7 Å². The maximum absolute atomic E-state index is 12.9. The molecule has 2 atom stereocenters. The Morgan fingerprint density at radius 1 is 1.18 bits per heavy atom. The van der Waals surface area contributed by atoms with Crippen molar-refractivity contribution in [3.63, 3.8) is 0 Å². The van der Waals surface area contributed by atoms with E-state index in [2.05, 4.69) is 10.6 Å². The van der Waals surface area contributed by atoms with Crippen LogP contribution in [0.3, 0.4) is 0 Å². The van der Waals surface area contributed by atoms with Gasteiger partial charge in [0.1, 0.15) is 5.58 Å². The highest BCUT2D eigenvalue weighted by atomic mass is 16.5. The van der Waals surface area contributed by atoms with Gasteiger partial charge in [0.25, 0.3) is 0 Å². The van der Waals surface area contributed by atoms with Crippen LogP contribution >= 0.6 is 0 Å². The number of anilines is 1. The van der Waals surface area contributed by atoms with Gasteiger partial charge in [0.05, 0.1) is 12.6 Å². The van der Waals surface area contributed by atoms with E-state index in [0.717, 1.165) is 18.4 Å². The number of nitrogens with one attached hydrogen (secondary N) is 2. The fourth-order valence-corrected chi connectivity index (χ4v) is 4.72. The summed E-state index contributed by atoms with van der Waals surface area (Å²) >= 11 is 0. The van der Waals surface area contributed by atoms with Gasteiger partial charge in [-0.3, -0.25) is 4.79 Å². The second kappa shape index (κ2) is 8.35. The Kier molecular flexibility index (Phi) is 5.67. The molecule has 1 aliphatic heterocycles. The minimum atomic E-state index is -0.477. The highest BCUT2D eigenvalue weighted by Crippen LogP contribution is 2.36. The molecule has 0 spiro atoms. The first-order valence-corrected chi connectivity index (χ1v) is 10.4. The van der Waals surface area contributed by atoms with Crippen LogP contribution in [0.1, 0.15) is 56.0 Å². The molecule has 2 heterocycles. The zero-order chi connectivity index (χ0) is 19.5. The highest BCUT2D eigenvalue weighted by Gasteiger charge is 2.38. The number of hydrogen-bond donors (Lipinski definition) is 2. The highest BCUT2D eigenvalue weighted by molar-refractivity contribution is 5.98. The Balaban J connectivity index is 1.46. The summed E-state index contributed by atoms with van der Waals surface area (Å²) in [5, 5.41) is 7.22. The number of carbonyl (C=O) groups excluding carboxylic acids is 2. The SMILES string of the molecule is CCOC(=O)c1cc2cc(NC(=O)[C@H]3NCCC3C3CCCCC3)ccc2o1. The fourth-order valence-electron chi connectivity index (χ4n) is 4.72. The Hall–Kier alpha value is -2.34. The van der Waals surface area contributed by atoms with Gasteiger partial charge >= 0.3 is 5.97 Å². The molecule has 1 unspecified atom stereocenters. The summed E-state index contributed by atoms with van der Waals surface area (Å²) in [4.78, 5) is 24.8. The van der Waals surface area contributed by atoms with Crippen LogP contribution in [0.15, 0.2) is 28.7 Å². The van der Waals surface area contributed by atoms with Crippen LogP contribution in [0.4, 0.5) is 5.69 Å². The molecular formula is C22H28N2O4. The van der Waals surface area contributed by atoms with Gasteiger partial charge in [-0.1, -0.05) is 32.1 Å². The van der Waals surface area contributed by atoms with Gasteiger partial charge in [-0.2, -0.15) is 0 Å². The Labute approximate surface area is 165 Å². The van der Waals surface area contributed by atoms with Crippen LogP contribution in [0.25, 0.3) is 11.0 Å². The zero-order valence-electron chi connectivity index (χ0n) is 16.3. The summed E-state index contributed by atoms with van der Waals surface area (Å²) in [5.41, 5.74) is 1.31. The maximum atomic E-state index is 12.9. The maximum Gasteiger partial charge on any atom is 0.374 e. The van der Waals surface area contributed by atoms with Crippen molar-refractivity contribution in [1.82, 2.24) is 5.32 Å². The van der Waals surface area contributed by atoms with E-state index >= 15 is 0 Å². The van der Waals surface area contributed by atoms with Crippen LogP contribution < -0.4 is 10.6 Å². The van der Waals surface area contributed by atoms with Crippen LogP contribution in [-0.2, 0) is 9.53 Å². The average molecular weight is 384 g/mol. The molecule has 1 aromatic heterocycles. The lowest BCUT2D eigenvalue weighted by Gasteiger charge is -2.30. The van der Waals surface area contributed by atoms with Crippen LogP contribution in [0.2, 0.25) is 0 Å². The lowest BCUT2D eigenvalue weighted by molar-refractivity contribution is -0.119. The van der Waals surface area contributed by atoms with E-state index < -0.39 is 5.97 Å². The Bertz CT molecular complexity index is 853. The molecule has 6 heteroatoms. The molecule has 1 saturated heterocycles.